The zero-order valence-electron chi connectivity index (χ0n) is 23.8. The van der Waals surface area contributed by atoms with Crippen LogP contribution in [0.15, 0.2) is 24.3 Å². The van der Waals surface area contributed by atoms with Gasteiger partial charge in [0.05, 0.1) is 58.4 Å². The number of carbonyl (C=O) groups excluding carboxylic acids is 2. The largest absolute Gasteiger partial charge is 0.506 e. The van der Waals surface area contributed by atoms with E-state index in [9.17, 15) is 45.3 Å². The number of rotatable bonds is 3. The SMILES string of the molecule is COc1cc2cc3c(c(O)c2c(O)c1-c1c(OC)cc2cc4c(c(O)c2c1O)C(=O)CC(C)(O)C4O)C(=O)CC(C)(O)C3. The highest BCUT2D eigenvalue weighted by Crippen LogP contribution is 2.56. The number of Topliss-reactive ketones (excluding diaryl/α,β-unsaturated/α-hetero) is 2. The van der Waals surface area contributed by atoms with E-state index in [0.29, 0.717) is 10.9 Å². The molecule has 11 heteroatoms. The van der Waals surface area contributed by atoms with Crippen LogP contribution in [0.3, 0.4) is 0 Å². The van der Waals surface area contributed by atoms with Crippen LogP contribution in [0.5, 0.6) is 34.5 Å². The Bertz CT molecular complexity index is 1920. The lowest BCUT2D eigenvalue weighted by Crippen LogP contribution is -2.40. The summed E-state index contributed by atoms with van der Waals surface area (Å²) in [5, 5.41) is 77.9. The van der Waals surface area contributed by atoms with Crippen LogP contribution in [0.25, 0.3) is 32.7 Å². The van der Waals surface area contributed by atoms with Crippen LogP contribution < -0.4 is 9.47 Å². The maximum Gasteiger partial charge on any atom is 0.169 e. The summed E-state index contributed by atoms with van der Waals surface area (Å²) in [5.74, 6) is -3.43. The van der Waals surface area contributed by atoms with Crippen LogP contribution in [-0.4, -0.2) is 72.7 Å². The Morgan fingerprint density at radius 3 is 1.67 bits per heavy atom. The lowest BCUT2D eigenvalue weighted by molar-refractivity contribution is -0.0675. The van der Waals surface area contributed by atoms with Crippen LogP contribution in [0.4, 0.5) is 0 Å². The average Bonchev–Trinajstić information content (AvgIpc) is 2.90. The van der Waals surface area contributed by atoms with E-state index >= 15 is 0 Å². The minimum atomic E-state index is -1.78. The van der Waals surface area contributed by atoms with Gasteiger partial charge in [-0.15, -0.1) is 0 Å². The van der Waals surface area contributed by atoms with Crippen LogP contribution >= 0.6 is 0 Å². The average molecular weight is 591 g/mol. The summed E-state index contributed by atoms with van der Waals surface area (Å²) < 4.78 is 11.1. The second-order valence-corrected chi connectivity index (χ2v) is 11.9. The molecule has 0 amide bonds. The lowest BCUT2D eigenvalue weighted by atomic mass is 9.76. The molecule has 0 aromatic heterocycles. The van der Waals surface area contributed by atoms with Crippen molar-refractivity contribution in [3.05, 3.63) is 46.5 Å². The molecule has 3 unspecified atom stereocenters. The number of benzene rings is 4. The van der Waals surface area contributed by atoms with E-state index in [1.807, 2.05) is 0 Å². The van der Waals surface area contributed by atoms with Gasteiger partial charge in [0.25, 0.3) is 0 Å². The molecule has 7 N–H and O–H groups in total. The van der Waals surface area contributed by atoms with Gasteiger partial charge in [0.15, 0.2) is 11.6 Å². The fourth-order valence-electron chi connectivity index (χ4n) is 6.61. The number of phenolic OH excluding ortho intramolecular Hbond substituents is 4. The van der Waals surface area contributed by atoms with Crippen molar-refractivity contribution in [2.45, 2.75) is 50.4 Å². The molecule has 0 bridgehead atoms. The van der Waals surface area contributed by atoms with Gasteiger partial charge >= 0.3 is 0 Å². The zero-order chi connectivity index (χ0) is 31.3. The normalized spacial score (nSPS) is 23.4. The lowest BCUT2D eigenvalue weighted by Gasteiger charge is -2.35. The van der Waals surface area contributed by atoms with Gasteiger partial charge in [-0.2, -0.15) is 0 Å². The molecule has 11 nitrogen and oxygen atoms in total. The van der Waals surface area contributed by atoms with Crippen LogP contribution in [0.2, 0.25) is 0 Å². The molecule has 0 fully saturated rings. The molecule has 4 aromatic carbocycles. The fraction of sp³-hybridized carbons (Fsp3) is 0.312. The number of aliphatic hydroxyl groups excluding tert-OH is 1. The smallest absolute Gasteiger partial charge is 0.169 e. The molecule has 6 rings (SSSR count). The second kappa shape index (κ2) is 9.21. The van der Waals surface area contributed by atoms with Crippen molar-refractivity contribution in [3.63, 3.8) is 0 Å². The molecule has 43 heavy (non-hydrogen) atoms. The Morgan fingerprint density at radius 1 is 0.674 bits per heavy atom. The fourth-order valence-corrected chi connectivity index (χ4v) is 6.61. The summed E-state index contributed by atoms with van der Waals surface area (Å²) in [6, 6.07) is 5.83. The minimum Gasteiger partial charge on any atom is -0.506 e. The van der Waals surface area contributed by atoms with Crippen LogP contribution in [0.1, 0.15) is 64.6 Å². The molecule has 0 heterocycles. The van der Waals surface area contributed by atoms with E-state index in [-0.39, 0.29) is 68.3 Å². The number of hydrogen-bond acceptors (Lipinski definition) is 11. The highest BCUT2D eigenvalue weighted by molar-refractivity contribution is 6.14. The number of methoxy groups -OCH3 is 2. The summed E-state index contributed by atoms with van der Waals surface area (Å²) in [5.41, 5.74) is -3.29. The Hall–Kier alpha value is -4.58. The Balaban J connectivity index is 1.69. The standard InChI is InChI=1S/C32H30O11/c1-31(40)9-14-5-12-7-18(42-3)24(28(37)21(12)26(35)20(14)16(33)10-31)25-19(43-4)8-13-6-15-23(27(36)22(13)29(25)38)17(34)11-32(2,41)30(15)39/h5-8,30,35-41H,9-11H2,1-4H3. The van der Waals surface area contributed by atoms with Gasteiger partial charge in [0.1, 0.15) is 40.6 Å². The van der Waals surface area contributed by atoms with Crippen molar-refractivity contribution in [2.75, 3.05) is 14.2 Å². The molecule has 3 atom stereocenters. The number of fused-ring (bicyclic) bond motifs is 4. The van der Waals surface area contributed by atoms with E-state index in [1.165, 1.54) is 46.3 Å². The molecule has 0 aliphatic heterocycles. The molecule has 0 spiro atoms. The van der Waals surface area contributed by atoms with Gasteiger partial charge in [-0.1, -0.05) is 0 Å². The number of aromatic hydroxyl groups is 4. The predicted molar refractivity (Wildman–Crippen MR) is 154 cm³/mol. The van der Waals surface area contributed by atoms with Gasteiger partial charge in [0.2, 0.25) is 0 Å². The van der Waals surface area contributed by atoms with Gasteiger partial charge in [-0.3, -0.25) is 9.59 Å². The predicted octanol–water partition coefficient (Wildman–Crippen LogP) is 3.75. The summed E-state index contributed by atoms with van der Waals surface area (Å²) in [4.78, 5) is 25.9. The highest BCUT2D eigenvalue weighted by atomic mass is 16.5. The van der Waals surface area contributed by atoms with Crippen molar-refractivity contribution >= 4 is 33.1 Å². The van der Waals surface area contributed by atoms with E-state index in [2.05, 4.69) is 0 Å². The number of hydrogen-bond donors (Lipinski definition) is 7. The third kappa shape index (κ3) is 3.99. The van der Waals surface area contributed by atoms with Gasteiger partial charge < -0.3 is 45.2 Å². The Labute approximate surface area is 244 Å². The topological polar surface area (TPSA) is 194 Å². The van der Waals surface area contributed by atoms with Crippen molar-refractivity contribution in [1.82, 2.24) is 0 Å². The van der Waals surface area contributed by atoms with Crippen molar-refractivity contribution in [1.29, 1.82) is 0 Å². The maximum atomic E-state index is 13.0. The number of phenols is 4. The van der Waals surface area contributed by atoms with Gasteiger partial charge in [-0.25, -0.2) is 0 Å². The first-order valence-electron chi connectivity index (χ1n) is 13.5. The first-order valence-corrected chi connectivity index (χ1v) is 13.5. The first kappa shape index (κ1) is 28.5. The van der Waals surface area contributed by atoms with Crippen molar-refractivity contribution < 1.29 is 54.8 Å². The van der Waals surface area contributed by atoms with Gasteiger partial charge in [0, 0.05) is 19.3 Å². The van der Waals surface area contributed by atoms with Crippen LogP contribution in [-0.2, 0) is 6.42 Å². The third-order valence-electron chi connectivity index (χ3n) is 8.55. The number of ether oxygens (including phenoxy) is 2. The molecule has 0 saturated heterocycles. The summed E-state index contributed by atoms with van der Waals surface area (Å²) in [6.45, 7) is 2.83. The summed E-state index contributed by atoms with van der Waals surface area (Å²) in [6.07, 6.45) is -2.11. The van der Waals surface area contributed by atoms with E-state index in [1.54, 1.807) is 6.07 Å². The molecule has 2 aliphatic carbocycles. The molecular weight excluding hydrogens is 560 g/mol. The number of carbonyl (C=O) groups is 2. The molecule has 4 aromatic rings. The monoisotopic (exact) mass is 590 g/mol. The van der Waals surface area contributed by atoms with Crippen LogP contribution in [0, 0.1) is 0 Å². The maximum absolute atomic E-state index is 13.0. The third-order valence-corrected chi connectivity index (χ3v) is 8.55. The molecule has 0 saturated carbocycles. The second-order valence-electron chi connectivity index (χ2n) is 11.9. The van der Waals surface area contributed by atoms with E-state index in [0.717, 1.165) is 0 Å². The van der Waals surface area contributed by atoms with Crippen molar-refractivity contribution in [3.8, 4) is 45.6 Å². The molecular formula is C32H30O11. The quantitative estimate of drug-likeness (QED) is 0.184. The molecule has 2 aliphatic rings. The van der Waals surface area contributed by atoms with E-state index in [4.69, 9.17) is 9.47 Å². The Morgan fingerprint density at radius 2 is 1.14 bits per heavy atom. The van der Waals surface area contributed by atoms with Crippen molar-refractivity contribution in [2.24, 2.45) is 0 Å². The van der Waals surface area contributed by atoms with Gasteiger partial charge in [-0.05, 0) is 60.0 Å². The van der Waals surface area contributed by atoms with E-state index < -0.39 is 58.3 Å². The highest BCUT2D eigenvalue weighted by Gasteiger charge is 2.43. The Kier molecular flexibility index (Phi) is 6.11. The number of aliphatic hydroxyl groups is 3. The molecule has 224 valence electrons. The molecule has 0 radical (unpaired) electrons. The first-order chi connectivity index (χ1) is 20.1. The summed E-state index contributed by atoms with van der Waals surface area (Å²) >= 11 is 0. The number of ketones is 2. The zero-order valence-corrected chi connectivity index (χ0v) is 23.8. The minimum absolute atomic E-state index is 0.00902. The summed E-state index contributed by atoms with van der Waals surface area (Å²) in [7, 11) is 2.62.